The van der Waals surface area contributed by atoms with E-state index in [2.05, 4.69) is 10.3 Å². The second-order valence-corrected chi connectivity index (χ2v) is 10.3. The molecule has 1 N–H and O–H groups in total. The Morgan fingerprint density at radius 2 is 1.79 bits per heavy atom. The molecule has 33 heavy (non-hydrogen) atoms. The van der Waals surface area contributed by atoms with Gasteiger partial charge in [-0.2, -0.15) is 0 Å². The quantitative estimate of drug-likeness (QED) is 0.551. The van der Waals surface area contributed by atoms with Crippen molar-refractivity contribution >= 4 is 32.2 Å². The number of fused-ring (bicyclic) bond motifs is 1. The van der Waals surface area contributed by atoms with E-state index >= 15 is 0 Å². The summed E-state index contributed by atoms with van der Waals surface area (Å²) in [5.74, 6) is 0.279. The highest BCUT2D eigenvalue weighted by atomic mass is 32.2. The van der Waals surface area contributed by atoms with E-state index < -0.39 is 33.7 Å². The van der Waals surface area contributed by atoms with Gasteiger partial charge in [-0.3, -0.25) is 0 Å². The summed E-state index contributed by atoms with van der Waals surface area (Å²) in [7, 11) is -1.47. The first-order valence-corrected chi connectivity index (χ1v) is 12.3. The normalized spacial score (nSPS) is 16.7. The van der Waals surface area contributed by atoms with E-state index in [0.717, 1.165) is 17.1 Å². The molecule has 0 radical (unpaired) electrons. The molecule has 3 aromatic rings. The van der Waals surface area contributed by atoms with Crippen LogP contribution in [0.2, 0.25) is 0 Å². The van der Waals surface area contributed by atoms with E-state index in [1.807, 2.05) is 17.0 Å². The molecule has 176 valence electrons. The van der Waals surface area contributed by atoms with Crippen molar-refractivity contribution in [1.82, 2.24) is 4.98 Å². The topological polar surface area (TPSA) is 71.5 Å². The molecule has 2 heterocycles. The number of rotatable bonds is 6. The van der Waals surface area contributed by atoms with Crippen LogP contribution < -0.4 is 15.0 Å². The van der Waals surface area contributed by atoms with Crippen molar-refractivity contribution < 1.29 is 26.3 Å². The van der Waals surface area contributed by atoms with Crippen molar-refractivity contribution in [2.24, 2.45) is 0 Å². The third-order valence-corrected chi connectivity index (χ3v) is 7.41. The fraction of sp³-hybridized carbons (Fsp3) is 0.348. The Labute approximate surface area is 190 Å². The van der Waals surface area contributed by atoms with Crippen LogP contribution in [0.15, 0.2) is 42.5 Å². The van der Waals surface area contributed by atoms with Gasteiger partial charge in [-0.25, -0.2) is 26.6 Å². The van der Waals surface area contributed by atoms with Crippen LogP contribution in [0.3, 0.4) is 0 Å². The number of ether oxygens (including phenoxy) is 1. The first-order valence-electron chi connectivity index (χ1n) is 10.5. The summed E-state index contributed by atoms with van der Waals surface area (Å²) in [4.78, 5) is 6.55. The molecule has 1 atom stereocenters. The van der Waals surface area contributed by atoms with Crippen LogP contribution in [0.4, 0.5) is 24.7 Å². The lowest BCUT2D eigenvalue weighted by Gasteiger charge is -2.30. The smallest absolute Gasteiger partial charge is 0.266 e. The number of anilines is 2. The Morgan fingerprint density at radius 1 is 1.09 bits per heavy atom. The number of benzene rings is 2. The number of methoxy groups -OCH3 is 1. The van der Waals surface area contributed by atoms with Gasteiger partial charge in [0.1, 0.15) is 17.4 Å². The molecule has 1 aliphatic heterocycles. The third kappa shape index (κ3) is 4.85. The molecule has 1 fully saturated rings. The highest BCUT2D eigenvalue weighted by molar-refractivity contribution is 7.91. The molecule has 6 nitrogen and oxygen atoms in total. The van der Waals surface area contributed by atoms with Crippen molar-refractivity contribution in [2.45, 2.75) is 19.4 Å². The summed E-state index contributed by atoms with van der Waals surface area (Å²) >= 11 is 0. The zero-order valence-electron chi connectivity index (χ0n) is 18.2. The number of alkyl halides is 2. The molecule has 10 heteroatoms. The van der Waals surface area contributed by atoms with Gasteiger partial charge in [-0.05, 0) is 25.1 Å². The molecule has 0 bridgehead atoms. The highest BCUT2D eigenvalue weighted by Crippen LogP contribution is 2.35. The third-order valence-electron chi connectivity index (χ3n) is 5.80. The Hall–Kier alpha value is -3.01. The highest BCUT2D eigenvalue weighted by Gasteiger charge is 2.24. The van der Waals surface area contributed by atoms with Gasteiger partial charge in [-0.1, -0.05) is 18.2 Å². The maximum absolute atomic E-state index is 14.5. The van der Waals surface area contributed by atoms with Crippen LogP contribution >= 0.6 is 0 Å². The Balaban J connectivity index is 1.60. The lowest BCUT2D eigenvalue weighted by atomic mass is 10.0. The van der Waals surface area contributed by atoms with Gasteiger partial charge in [0.25, 0.3) is 6.43 Å². The Morgan fingerprint density at radius 3 is 2.45 bits per heavy atom. The molecule has 1 unspecified atom stereocenters. The maximum atomic E-state index is 14.5. The standard InChI is InChI=1S/C23H24F3N3O3S/c1-14(16-4-3-5-17(22(16)24)23(25)26)27-21-7-6-15-12-19(20(32-2)13-18(15)28-21)29-8-10-33(30,31)11-9-29/h3-7,12-14,23H,8-11H2,1-2H3,(H,27,28). The summed E-state index contributed by atoms with van der Waals surface area (Å²) in [6.07, 6.45) is -2.89. The molecule has 1 aromatic heterocycles. The average Bonchev–Trinajstić information content (AvgIpc) is 2.78. The minimum Gasteiger partial charge on any atom is -0.495 e. The summed E-state index contributed by atoms with van der Waals surface area (Å²) in [6, 6.07) is 10.6. The summed E-state index contributed by atoms with van der Waals surface area (Å²) in [5.41, 5.74) is 0.916. The molecular weight excluding hydrogens is 455 g/mol. The van der Waals surface area contributed by atoms with Crippen LogP contribution in [0.5, 0.6) is 5.75 Å². The molecule has 0 saturated carbocycles. The number of hydrogen-bond donors (Lipinski definition) is 1. The molecular formula is C23H24F3N3O3S. The van der Waals surface area contributed by atoms with Gasteiger partial charge >= 0.3 is 0 Å². The number of aromatic nitrogens is 1. The zero-order valence-corrected chi connectivity index (χ0v) is 19.0. The Kier molecular flexibility index (Phi) is 6.38. The first kappa shape index (κ1) is 23.2. The number of sulfone groups is 1. The van der Waals surface area contributed by atoms with Crippen molar-refractivity contribution in [3.63, 3.8) is 0 Å². The number of halogens is 3. The lowest BCUT2D eigenvalue weighted by molar-refractivity contribution is 0.146. The van der Waals surface area contributed by atoms with Gasteiger partial charge in [-0.15, -0.1) is 0 Å². The monoisotopic (exact) mass is 479 g/mol. The Bertz CT molecular complexity index is 1270. The van der Waals surface area contributed by atoms with Gasteiger partial charge in [0.15, 0.2) is 9.84 Å². The molecule has 1 aliphatic rings. The molecule has 0 spiro atoms. The predicted octanol–water partition coefficient (Wildman–Crippen LogP) is 4.73. The molecule has 4 rings (SSSR count). The van der Waals surface area contributed by atoms with Crippen molar-refractivity contribution in [1.29, 1.82) is 0 Å². The first-order chi connectivity index (χ1) is 15.7. The fourth-order valence-electron chi connectivity index (χ4n) is 3.96. The van der Waals surface area contributed by atoms with E-state index in [1.165, 1.54) is 19.2 Å². The second-order valence-electron chi connectivity index (χ2n) is 7.97. The zero-order chi connectivity index (χ0) is 23.8. The van der Waals surface area contributed by atoms with Crippen LogP contribution in [0.25, 0.3) is 10.9 Å². The van der Waals surface area contributed by atoms with Gasteiger partial charge in [0.05, 0.1) is 41.4 Å². The van der Waals surface area contributed by atoms with Crippen molar-refractivity contribution in [2.75, 3.05) is 41.9 Å². The summed E-state index contributed by atoms with van der Waals surface area (Å²) in [6.45, 7) is 2.45. The van der Waals surface area contributed by atoms with Crippen LogP contribution in [0, 0.1) is 5.82 Å². The number of hydrogen-bond acceptors (Lipinski definition) is 6. The van der Waals surface area contributed by atoms with Crippen molar-refractivity contribution in [3.05, 3.63) is 59.4 Å². The minimum atomic E-state index is -3.01. The van der Waals surface area contributed by atoms with Crippen LogP contribution in [-0.4, -0.2) is 45.1 Å². The van der Waals surface area contributed by atoms with Gasteiger partial charge in [0.2, 0.25) is 0 Å². The predicted molar refractivity (Wildman–Crippen MR) is 123 cm³/mol. The summed E-state index contributed by atoms with van der Waals surface area (Å²) < 4.78 is 69.6. The number of nitrogens with zero attached hydrogens (tertiary/aromatic N) is 2. The van der Waals surface area contributed by atoms with E-state index in [1.54, 1.807) is 19.1 Å². The van der Waals surface area contributed by atoms with Gasteiger partial charge < -0.3 is 15.0 Å². The van der Waals surface area contributed by atoms with Crippen LogP contribution in [-0.2, 0) is 9.84 Å². The van der Waals surface area contributed by atoms with Gasteiger partial charge in [0, 0.05) is 30.1 Å². The average molecular weight is 480 g/mol. The maximum Gasteiger partial charge on any atom is 0.266 e. The van der Waals surface area contributed by atoms with Crippen molar-refractivity contribution in [3.8, 4) is 5.75 Å². The van der Waals surface area contributed by atoms with E-state index in [-0.39, 0.29) is 17.1 Å². The molecule has 0 amide bonds. The number of nitrogens with one attached hydrogen (secondary N) is 1. The fourth-order valence-corrected chi connectivity index (χ4v) is 5.16. The largest absolute Gasteiger partial charge is 0.495 e. The molecule has 2 aromatic carbocycles. The molecule has 0 aliphatic carbocycles. The summed E-state index contributed by atoms with van der Waals surface area (Å²) in [5, 5.41) is 3.89. The SMILES string of the molecule is COc1cc2nc(NC(C)c3cccc(C(F)F)c3F)ccc2cc1N1CCS(=O)(=O)CC1. The minimum absolute atomic E-state index is 0.0938. The van der Waals surface area contributed by atoms with E-state index in [4.69, 9.17) is 4.74 Å². The molecule has 1 saturated heterocycles. The second kappa shape index (κ2) is 9.09. The van der Waals surface area contributed by atoms with E-state index in [0.29, 0.717) is 30.2 Å². The lowest BCUT2D eigenvalue weighted by Crippen LogP contribution is -2.40. The van der Waals surface area contributed by atoms with Crippen LogP contribution in [0.1, 0.15) is 30.5 Å². The number of pyridine rings is 1. The van der Waals surface area contributed by atoms with E-state index in [9.17, 15) is 21.6 Å².